The Morgan fingerprint density at radius 1 is 1.36 bits per heavy atom. The first-order chi connectivity index (χ1) is 6.50. The van der Waals surface area contributed by atoms with Crippen molar-refractivity contribution in [2.45, 2.75) is 26.3 Å². The van der Waals surface area contributed by atoms with E-state index in [1.54, 1.807) is 19.1 Å². The summed E-state index contributed by atoms with van der Waals surface area (Å²) in [6, 6.07) is 3.80. The summed E-state index contributed by atoms with van der Waals surface area (Å²) in [5, 5.41) is 11.9. The second kappa shape index (κ2) is 4.26. The highest BCUT2D eigenvalue weighted by molar-refractivity contribution is 5.50. The van der Waals surface area contributed by atoms with Crippen LogP contribution >= 0.6 is 0 Å². The predicted molar refractivity (Wildman–Crippen MR) is 51.9 cm³/mol. The Morgan fingerprint density at radius 2 is 2.00 bits per heavy atom. The molecule has 0 heterocycles. The lowest BCUT2D eigenvalue weighted by Gasteiger charge is -2.14. The lowest BCUT2D eigenvalue weighted by molar-refractivity contribution is 0.131. The van der Waals surface area contributed by atoms with Gasteiger partial charge < -0.3 is 10.4 Å². The van der Waals surface area contributed by atoms with Crippen LogP contribution in [0.5, 0.6) is 5.75 Å². The third-order valence-corrected chi connectivity index (χ3v) is 1.97. The molecule has 1 atom stereocenters. The van der Waals surface area contributed by atoms with E-state index in [1.807, 2.05) is 0 Å². The van der Waals surface area contributed by atoms with E-state index >= 15 is 0 Å². The van der Waals surface area contributed by atoms with E-state index in [-0.39, 0.29) is 5.75 Å². The molecule has 0 saturated carbocycles. The third kappa shape index (κ3) is 2.58. The molecular weight excluding hydrogens is 188 g/mol. The van der Waals surface area contributed by atoms with Crippen LogP contribution in [0.25, 0.3) is 0 Å². The number of phenols is 1. The molecule has 0 aliphatic rings. The maximum absolute atomic E-state index is 12.2. The number of halogens is 2. The second-order valence-corrected chi connectivity index (χ2v) is 3.27. The molecule has 0 amide bonds. The van der Waals surface area contributed by atoms with E-state index in [2.05, 4.69) is 5.32 Å². The van der Waals surface area contributed by atoms with E-state index in [9.17, 15) is 13.9 Å². The molecule has 78 valence electrons. The minimum atomic E-state index is -2.40. The fourth-order valence-corrected chi connectivity index (χ4v) is 1.07. The quantitative estimate of drug-likeness (QED) is 0.737. The molecule has 1 aromatic carbocycles. The average Bonchev–Trinajstić information content (AvgIpc) is 2.11. The van der Waals surface area contributed by atoms with Gasteiger partial charge in [0.25, 0.3) is 6.43 Å². The highest BCUT2D eigenvalue weighted by atomic mass is 19.3. The smallest absolute Gasteiger partial charge is 0.258 e. The molecule has 14 heavy (non-hydrogen) atoms. The van der Waals surface area contributed by atoms with E-state index in [0.717, 1.165) is 0 Å². The van der Waals surface area contributed by atoms with Gasteiger partial charge in [-0.15, -0.1) is 0 Å². The largest absolute Gasteiger partial charge is 0.508 e. The maximum atomic E-state index is 12.2. The molecule has 0 saturated heterocycles. The third-order valence-electron chi connectivity index (χ3n) is 1.97. The summed E-state index contributed by atoms with van der Waals surface area (Å²) in [5.74, 6) is 0.167. The highest BCUT2D eigenvalue weighted by Gasteiger charge is 2.13. The summed E-state index contributed by atoms with van der Waals surface area (Å²) >= 11 is 0. The van der Waals surface area contributed by atoms with Crippen LogP contribution in [0.1, 0.15) is 12.5 Å². The highest BCUT2D eigenvalue weighted by Crippen LogP contribution is 2.21. The molecule has 1 rings (SSSR count). The Balaban J connectivity index is 2.73. The number of hydrogen-bond donors (Lipinski definition) is 2. The molecule has 0 bridgehead atoms. The Labute approximate surface area is 81.6 Å². The molecule has 0 fully saturated rings. The van der Waals surface area contributed by atoms with Crippen molar-refractivity contribution in [3.8, 4) is 5.75 Å². The number of aromatic hydroxyl groups is 1. The number of aryl methyl sites for hydroxylation is 1. The minimum absolute atomic E-state index is 0.167. The summed E-state index contributed by atoms with van der Waals surface area (Å²) in [7, 11) is 0. The standard InChI is InChI=1S/C10H13F2NO/c1-6-5-8(3-4-9(6)14)13-7(2)10(11)12/h3-5,7,10,13-14H,1-2H3. The number of anilines is 1. The summed E-state index contributed by atoms with van der Waals surface area (Å²) in [6.45, 7) is 3.13. The number of benzene rings is 1. The van der Waals surface area contributed by atoms with Gasteiger partial charge in [0.05, 0.1) is 6.04 Å². The normalized spacial score (nSPS) is 12.9. The lowest BCUT2D eigenvalue weighted by Crippen LogP contribution is -2.23. The van der Waals surface area contributed by atoms with E-state index < -0.39 is 12.5 Å². The first-order valence-corrected chi connectivity index (χ1v) is 4.35. The van der Waals surface area contributed by atoms with Crippen molar-refractivity contribution >= 4 is 5.69 Å². The van der Waals surface area contributed by atoms with E-state index in [1.165, 1.54) is 13.0 Å². The predicted octanol–water partition coefficient (Wildman–Crippen LogP) is 2.77. The molecule has 1 unspecified atom stereocenters. The van der Waals surface area contributed by atoms with Crippen molar-refractivity contribution in [3.63, 3.8) is 0 Å². The van der Waals surface area contributed by atoms with Crippen LogP contribution in [-0.4, -0.2) is 17.6 Å². The fourth-order valence-electron chi connectivity index (χ4n) is 1.07. The minimum Gasteiger partial charge on any atom is -0.508 e. The van der Waals surface area contributed by atoms with Gasteiger partial charge in [-0.05, 0) is 37.6 Å². The van der Waals surface area contributed by atoms with Crippen LogP contribution < -0.4 is 5.32 Å². The zero-order valence-electron chi connectivity index (χ0n) is 8.09. The van der Waals surface area contributed by atoms with Crippen molar-refractivity contribution in [1.29, 1.82) is 0 Å². The summed E-state index contributed by atoms with van der Waals surface area (Å²) in [4.78, 5) is 0. The topological polar surface area (TPSA) is 32.3 Å². The second-order valence-electron chi connectivity index (χ2n) is 3.27. The van der Waals surface area contributed by atoms with Crippen LogP contribution in [0.15, 0.2) is 18.2 Å². The van der Waals surface area contributed by atoms with Crippen molar-refractivity contribution in [3.05, 3.63) is 23.8 Å². The Kier molecular flexibility index (Phi) is 3.28. The van der Waals surface area contributed by atoms with Crippen molar-refractivity contribution in [1.82, 2.24) is 0 Å². The van der Waals surface area contributed by atoms with Gasteiger partial charge in [0.2, 0.25) is 0 Å². The molecule has 0 aliphatic heterocycles. The summed E-state index contributed by atoms with van der Waals surface area (Å²) in [6.07, 6.45) is -2.40. The average molecular weight is 201 g/mol. The van der Waals surface area contributed by atoms with Crippen LogP contribution in [0.3, 0.4) is 0 Å². The van der Waals surface area contributed by atoms with Crippen LogP contribution in [0.4, 0.5) is 14.5 Å². The maximum Gasteiger partial charge on any atom is 0.258 e. The van der Waals surface area contributed by atoms with Crippen molar-refractivity contribution in [2.75, 3.05) is 5.32 Å². The van der Waals surface area contributed by atoms with Gasteiger partial charge in [-0.3, -0.25) is 0 Å². The molecule has 0 radical (unpaired) electrons. The van der Waals surface area contributed by atoms with Crippen molar-refractivity contribution in [2.24, 2.45) is 0 Å². The van der Waals surface area contributed by atoms with Gasteiger partial charge in [0, 0.05) is 5.69 Å². The molecule has 0 aromatic heterocycles. The van der Waals surface area contributed by atoms with Crippen LogP contribution in [0.2, 0.25) is 0 Å². The zero-order valence-corrected chi connectivity index (χ0v) is 8.09. The van der Waals surface area contributed by atoms with Gasteiger partial charge in [-0.1, -0.05) is 0 Å². The van der Waals surface area contributed by atoms with Gasteiger partial charge in [-0.25, -0.2) is 8.78 Å². The number of hydrogen-bond acceptors (Lipinski definition) is 2. The SMILES string of the molecule is Cc1cc(NC(C)C(F)F)ccc1O. The van der Waals surface area contributed by atoms with E-state index in [4.69, 9.17) is 0 Å². The molecular formula is C10H13F2NO. The molecule has 4 heteroatoms. The molecule has 1 aromatic rings. The Morgan fingerprint density at radius 3 is 2.50 bits per heavy atom. The molecule has 2 nitrogen and oxygen atoms in total. The van der Waals surface area contributed by atoms with Crippen molar-refractivity contribution < 1.29 is 13.9 Å². The van der Waals surface area contributed by atoms with Gasteiger partial charge in [0.15, 0.2) is 0 Å². The zero-order chi connectivity index (χ0) is 10.7. The molecule has 0 aliphatic carbocycles. The first-order valence-electron chi connectivity index (χ1n) is 4.35. The van der Waals surface area contributed by atoms with Gasteiger partial charge in [0.1, 0.15) is 5.75 Å². The Hall–Kier alpha value is -1.32. The van der Waals surface area contributed by atoms with Crippen LogP contribution in [0, 0.1) is 6.92 Å². The lowest BCUT2D eigenvalue weighted by atomic mass is 10.2. The molecule has 2 N–H and O–H groups in total. The van der Waals surface area contributed by atoms with Gasteiger partial charge >= 0.3 is 0 Å². The first kappa shape index (κ1) is 10.8. The number of phenolic OH excluding ortho intramolecular Hbond substituents is 1. The van der Waals surface area contributed by atoms with E-state index in [0.29, 0.717) is 11.3 Å². The Bertz CT molecular complexity index is 315. The fraction of sp³-hybridized carbons (Fsp3) is 0.400. The summed E-state index contributed by atoms with van der Waals surface area (Å²) < 4.78 is 24.4. The number of alkyl halides is 2. The van der Waals surface area contributed by atoms with Gasteiger partial charge in [-0.2, -0.15) is 0 Å². The number of nitrogens with one attached hydrogen (secondary N) is 1. The monoisotopic (exact) mass is 201 g/mol. The molecule has 0 spiro atoms. The number of rotatable bonds is 3. The summed E-state index contributed by atoms with van der Waals surface area (Å²) in [5.41, 5.74) is 1.25. The van der Waals surface area contributed by atoms with Crippen LogP contribution in [-0.2, 0) is 0 Å².